The highest BCUT2D eigenvalue weighted by Crippen LogP contribution is 2.45. The second kappa shape index (κ2) is 15.1. The number of amides is 1. The molecular formula is C34H32BrCl2N3O4. The van der Waals surface area contributed by atoms with Crippen LogP contribution < -0.4 is 15.6 Å². The molecule has 7 nitrogen and oxygen atoms in total. The SMILES string of the molecule is O=C(NNCCc1ccccc1)[C@@]1(Cc2ccccc2Br)N=C(c2ccc(OCCCO)cc2)O[C@H]1c1ccc(Cl)cc1Cl. The topological polar surface area (TPSA) is 92.2 Å². The lowest BCUT2D eigenvalue weighted by Crippen LogP contribution is -2.54. The van der Waals surface area contributed by atoms with Crippen LogP contribution in [-0.4, -0.2) is 42.2 Å². The van der Waals surface area contributed by atoms with Gasteiger partial charge in [-0.3, -0.25) is 10.2 Å². The smallest absolute Gasteiger partial charge is 0.266 e. The number of hydrogen-bond donors (Lipinski definition) is 3. The number of aliphatic hydroxyl groups excluding tert-OH is 1. The third kappa shape index (κ3) is 7.62. The molecule has 0 saturated heterocycles. The summed E-state index contributed by atoms with van der Waals surface area (Å²) in [5.74, 6) is 0.587. The Bertz CT molecular complexity index is 1600. The molecule has 10 heteroatoms. The zero-order valence-electron chi connectivity index (χ0n) is 23.8. The molecule has 4 aromatic carbocycles. The first-order valence-corrected chi connectivity index (χ1v) is 15.8. The van der Waals surface area contributed by atoms with Crippen LogP contribution in [0.25, 0.3) is 0 Å². The average Bonchev–Trinajstić information content (AvgIpc) is 3.41. The molecule has 1 aliphatic heterocycles. The molecule has 0 bridgehead atoms. The molecule has 5 rings (SSSR count). The fraction of sp³-hybridized carbons (Fsp3) is 0.235. The maximum atomic E-state index is 14.3. The van der Waals surface area contributed by atoms with E-state index in [1.807, 2.05) is 78.9 Å². The lowest BCUT2D eigenvalue weighted by molar-refractivity contribution is -0.130. The first kappa shape index (κ1) is 32.0. The first-order chi connectivity index (χ1) is 21.4. The van der Waals surface area contributed by atoms with Crippen LogP contribution in [0, 0.1) is 0 Å². The monoisotopic (exact) mass is 695 g/mol. The number of halogens is 3. The van der Waals surface area contributed by atoms with Crippen LogP contribution in [0.3, 0.4) is 0 Å². The van der Waals surface area contributed by atoms with Crippen molar-refractivity contribution in [3.63, 3.8) is 0 Å². The Morgan fingerprint density at radius 1 is 1.00 bits per heavy atom. The van der Waals surface area contributed by atoms with Crippen molar-refractivity contribution >= 4 is 50.9 Å². The normalized spacial score (nSPS) is 17.5. The highest BCUT2D eigenvalue weighted by Gasteiger charge is 2.54. The molecule has 0 spiro atoms. The number of hydrazine groups is 1. The minimum absolute atomic E-state index is 0.0557. The van der Waals surface area contributed by atoms with Gasteiger partial charge >= 0.3 is 0 Å². The molecule has 4 aromatic rings. The van der Waals surface area contributed by atoms with Crippen molar-refractivity contribution in [1.82, 2.24) is 10.9 Å². The number of nitrogens with zero attached hydrogens (tertiary/aromatic N) is 1. The summed E-state index contributed by atoms with van der Waals surface area (Å²) in [7, 11) is 0. The summed E-state index contributed by atoms with van der Waals surface area (Å²) < 4.78 is 13.1. The number of aliphatic hydroxyl groups is 1. The lowest BCUT2D eigenvalue weighted by Gasteiger charge is -2.31. The van der Waals surface area contributed by atoms with E-state index in [0.717, 1.165) is 22.0 Å². The third-order valence-corrected chi connectivity index (χ3v) is 8.61. The number of hydrogen-bond acceptors (Lipinski definition) is 6. The van der Waals surface area contributed by atoms with Crippen molar-refractivity contribution in [3.05, 3.63) is 134 Å². The number of ether oxygens (including phenoxy) is 2. The molecule has 2 atom stereocenters. The van der Waals surface area contributed by atoms with Crippen molar-refractivity contribution in [2.24, 2.45) is 4.99 Å². The van der Waals surface area contributed by atoms with Crippen LogP contribution in [0.5, 0.6) is 5.75 Å². The Kier molecular flexibility index (Phi) is 11.0. The minimum atomic E-state index is -1.44. The second-order valence-corrected chi connectivity index (χ2v) is 12.0. The van der Waals surface area contributed by atoms with Gasteiger partial charge in [-0.15, -0.1) is 0 Å². The highest BCUT2D eigenvalue weighted by molar-refractivity contribution is 9.10. The summed E-state index contributed by atoms with van der Waals surface area (Å²) in [6.45, 7) is 0.972. The van der Waals surface area contributed by atoms with Crippen molar-refractivity contribution in [2.45, 2.75) is 30.9 Å². The molecule has 0 saturated carbocycles. The van der Waals surface area contributed by atoms with Gasteiger partial charge in [-0.25, -0.2) is 10.4 Å². The van der Waals surface area contributed by atoms with Crippen molar-refractivity contribution < 1.29 is 19.4 Å². The molecule has 1 heterocycles. The minimum Gasteiger partial charge on any atom is -0.494 e. The summed E-state index contributed by atoms with van der Waals surface area (Å²) in [6.07, 6.45) is 0.608. The van der Waals surface area contributed by atoms with Gasteiger partial charge in [0, 0.05) is 51.6 Å². The lowest BCUT2D eigenvalue weighted by atomic mass is 9.82. The van der Waals surface area contributed by atoms with Gasteiger partial charge in [-0.2, -0.15) is 0 Å². The fourth-order valence-corrected chi connectivity index (χ4v) is 5.94. The molecule has 0 aromatic heterocycles. The molecular weight excluding hydrogens is 665 g/mol. The van der Waals surface area contributed by atoms with Gasteiger partial charge in [0.2, 0.25) is 5.90 Å². The molecule has 44 heavy (non-hydrogen) atoms. The number of rotatable bonds is 13. The van der Waals surface area contributed by atoms with Crippen molar-refractivity contribution in [2.75, 3.05) is 19.8 Å². The molecule has 228 valence electrons. The Labute approximate surface area is 275 Å². The van der Waals surface area contributed by atoms with Crippen LogP contribution in [0.15, 0.2) is 107 Å². The number of aliphatic imine (C=N–C) groups is 1. The zero-order valence-corrected chi connectivity index (χ0v) is 26.9. The second-order valence-electron chi connectivity index (χ2n) is 10.3. The van der Waals surface area contributed by atoms with Gasteiger partial charge in [-0.05, 0) is 60.0 Å². The number of carbonyl (C=O) groups is 1. The van der Waals surface area contributed by atoms with Crippen molar-refractivity contribution in [1.29, 1.82) is 0 Å². The molecule has 3 N–H and O–H groups in total. The molecule has 0 unspecified atom stereocenters. The van der Waals surface area contributed by atoms with Gasteiger partial charge < -0.3 is 14.6 Å². The zero-order chi connectivity index (χ0) is 30.9. The van der Waals surface area contributed by atoms with E-state index in [9.17, 15) is 4.79 Å². The van der Waals surface area contributed by atoms with E-state index in [1.165, 1.54) is 0 Å². The Hall–Kier alpha value is -3.40. The van der Waals surface area contributed by atoms with Crippen LogP contribution in [0.2, 0.25) is 10.0 Å². The van der Waals surface area contributed by atoms with Gasteiger partial charge in [0.15, 0.2) is 11.6 Å². The van der Waals surface area contributed by atoms with E-state index < -0.39 is 11.6 Å². The van der Waals surface area contributed by atoms with Crippen LogP contribution >= 0.6 is 39.1 Å². The van der Waals surface area contributed by atoms with Gasteiger partial charge in [0.1, 0.15) is 5.75 Å². The summed E-state index contributed by atoms with van der Waals surface area (Å²) in [6, 6.07) is 30.2. The number of nitrogens with one attached hydrogen (secondary N) is 2. The summed E-state index contributed by atoms with van der Waals surface area (Å²) >= 11 is 16.6. The number of benzene rings is 4. The maximum absolute atomic E-state index is 14.3. The quantitative estimate of drug-likeness (QED) is 0.105. The third-order valence-electron chi connectivity index (χ3n) is 7.28. The van der Waals surface area contributed by atoms with Crippen LogP contribution in [0.1, 0.15) is 34.8 Å². The maximum Gasteiger partial charge on any atom is 0.266 e. The molecule has 1 aliphatic rings. The molecule has 1 amide bonds. The van der Waals surface area contributed by atoms with E-state index in [0.29, 0.717) is 52.4 Å². The Balaban J connectivity index is 1.51. The van der Waals surface area contributed by atoms with Crippen LogP contribution in [-0.2, 0) is 22.4 Å². The average molecular weight is 697 g/mol. The predicted molar refractivity (Wildman–Crippen MR) is 177 cm³/mol. The Morgan fingerprint density at radius 2 is 1.75 bits per heavy atom. The molecule has 0 radical (unpaired) electrons. The van der Waals surface area contributed by atoms with Gasteiger partial charge in [-0.1, -0.05) is 93.7 Å². The van der Waals surface area contributed by atoms with E-state index in [1.54, 1.807) is 18.2 Å². The van der Waals surface area contributed by atoms with E-state index in [2.05, 4.69) is 26.8 Å². The standard InChI is InChI=1S/C34H32BrCl2N3O4/c35-29-10-5-4-9-25(29)22-34(33(42)40-38-18-17-23-7-2-1-3-8-23)31(28-16-13-26(36)21-30(28)37)44-32(39-34)24-11-14-27(15-12-24)43-20-6-19-41/h1-5,7-16,21,31,38,41H,6,17-20,22H2,(H,40,42)/t31-,34-/m0/s1. The van der Waals surface area contributed by atoms with Crippen LogP contribution in [0.4, 0.5) is 0 Å². The molecule has 0 aliphatic carbocycles. The Morgan fingerprint density at radius 3 is 2.48 bits per heavy atom. The summed E-state index contributed by atoms with van der Waals surface area (Å²) in [5, 5.41) is 9.89. The molecule has 0 fully saturated rings. The number of carbonyl (C=O) groups excluding carboxylic acids is 1. The van der Waals surface area contributed by atoms with Gasteiger partial charge in [0.25, 0.3) is 5.91 Å². The summed E-state index contributed by atoms with van der Waals surface area (Å²) in [4.78, 5) is 19.4. The fourth-order valence-electron chi connectivity index (χ4n) is 5.01. The summed E-state index contributed by atoms with van der Waals surface area (Å²) in [5.41, 5.74) is 7.86. The van der Waals surface area contributed by atoms with Crippen molar-refractivity contribution in [3.8, 4) is 5.75 Å². The van der Waals surface area contributed by atoms with E-state index in [-0.39, 0.29) is 18.9 Å². The highest BCUT2D eigenvalue weighted by atomic mass is 79.9. The first-order valence-electron chi connectivity index (χ1n) is 14.3. The van der Waals surface area contributed by atoms with Gasteiger partial charge in [0.05, 0.1) is 6.61 Å². The largest absolute Gasteiger partial charge is 0.494 e. The van der Waals surface area contributed by atoms with E-state index in [4.69, 9.17) is 42.8 Å². The van der Waals surface area contributed by atoms with E-state index >= 15 is 0 Å². The predicted octanol–water partition coefficient (Wildman–Crippen LogP) is 6.88.